The first-order chi connectivity index (χ1) is 8.13. The predicted molar refractivity (Wildman–Crippen MR) is 65.9 cm³/mol. The first-order valence-corrected chi connectivity index (χ1v) is 5.36. The van der Waals surface area contributed by atoms with Crippen LogP contribution in [-0.2, 0) is 6.54 Å². The highest BCUT2D eigenvalue weighted by atomic mass is 16.1. The zero-order valence-corrected chi connectivity index (χ0v) is 9.82. The van der Waals surface area contributed by atoms with Crippen LogP contribution in [0, 0.1) is 13.8 Å². The van der Waals surface area contributed by atoms with E-state index >= 15 is 0 Å². The van der Waals surface area contributed by atoms with E-state index in [1.807, 2.05) is 19.9 Å². The van der Waals surface area contributed by atoms with Crippen LogP contribution in [0.4, 0.5) is 5.95 Å². The molecule has 0 radical (unpaired) electrons. The molecule has 0 atom stereocenters. The summed E-state index contributed by atoms with van der Waals surface area (Å²) in [6.45, 7) is 4.32. The maximum absolute atomic E-state index is 11.3. The van der Waals surface area contributed by atoms with Gasteiger partial charge in [0.15, 0.2) is 0 Å². The van der Waals surface area contributed by atoms with Gasteiger partial charge in [0.2, 0.25) is 11.5 Å². The number of aromatic amines is 1. The van der Waals surface area contributed by atoms with Crippen molar-refractivity contribution < 1.29 is 0 Å². The molecule has 0 saturated heterocycles. The summed E-state index contributed by atoms with van der Waals surface area (Å²) in [7, 11) is 0. The largest absolute Gasteiger partial charge is 0.350 e. The van der Waals surface area contributed by atoms with Gasteiger partial charge in [0.25, 0.3) is 0 Å². The summed E-state index contributed by atoms with van der Waals surface area (Å²) in [6, 6.07) is 3.48. The number of nitrogens with one attached hydrogen (secondary N) is 2. The van der Waals surface area contributed by atoms with Gasteiger partial charge in [-0.05, 0) is 31.0 Å². The van der Waals surface area contributed by atoms with Crippen LogP contribution in [0.2, 0.25) is 0 Å². The number of H-pyrrole nitrogens is 1. The Balaban J connectivity index is 2.07. The number of nitrogens with zero attached hydrogens (tertiary/aromatic N) is 2. The molecule has 0 fully saturated rings. The molecule has 5 nitrogen and oxygen atoms in total. The number of rotatable bonds is 3. The quantitative estimate of drug-likeness (QED) is 0.836. The van der Waals surface area contributed by atoms with Gasteiger partial charge in [-0.2, -0.15) is 0 Å². The molecule has 0 aliphatic carbocycles. The van der Waals surface area contributed by atoms with E-state index in [1.165, 1.54) is 0 Å². The van der Waals surface area contributed by atoms with Gasteiger partial charge in [-0.3, -0.25) is 4.79 Å². The second-order valence-corrected chi connectivity index (χ2v) is 3.97. The molecule has 2 rings (SSSR count). The highest BCUT2D eigenvalue weighted by molar-refractivity contribution is 5.27. The molecule has 88 valence electrons. The molecular formula is C12H14N4O. The molecule has 0 bridgehead atoms. The lowest BCUT2D eigenvalue weighted by molar-refractivity contribution is 1.02. The first kappa shape index (κ1) is 11.3. The molecule has 0 aliphatic heterocycles. The third-order valence-corrected chi connectivity index (χ3v) is 2.27. The van der Waals surface area contributed by atoms with Crippen LogP contribution < -0.4 is 10.9 Å². The zero-order chi connectivity index (χ0) is 12.3. The molecule has 2 aromatic heterocycles. The van der Waals surface area contributed by atoms with Crippen molar-refractivity contribution in [2.45, 2.75) is 20.4 Å². The third-order valence-electron chi connectivity index (χ3n) is 2.27. The molecule has 0 spiro atoms. The summed E-state index contributed by atoms with van der Waals surface area (Å²) >= 11 is 0. The fourth-order valence-electron chi connectivity index (χ4n) is 1.52. The fraction of sp³-hybridized carbons (Fsp3) is 0.250. The number of anilines is 1. The van der Waals surface area contributed by atoms with E-state index in [0.717, 1.165) is 16.8 Å². The summed E-state index contributed by atoms with van der Waals surface area (Å²) in [6.07, 6.45) is 3.50. The van der Waals surface area contributed by atoms with Crippen molar-refractivity contribution in [3.8, 4) is 0 Å². The predicted octanol–water partition coefficient (Wildman–Crippen LogP) is 1.39. The van der Waals surface area contributed by atoms with Gasteiger partial charge in [-0.1, -0.05) is 0 Å². The number of hydrogen-bond acceptors (Lipinski definition) is 4. The monoisotopic (exact) mass is 230 g/mol. The van der Waals surface area contributed by atoms with Crippen molar-refractivity contribution in [2.24, 2.45) is 0 Å². The maximum Gasteiger partial charge on any atom is 0.248 e. The Bertz CT molecular complexity index is 559. The first-order valence-electron chi connectivity index (χ1n) is 5.36. The summed E-state index contributed by atoms with van der Waals surface area (Å²) < 4.78 is 0. The van der Waals surface area contributed by atoms with Crippen LogP contribution in [0.1, 0.15) is 16.8 Å². The highest BCUT2D eigenvalue weighted by Crippen LogP contribution is 2.03. The molecule has 2 heterocycles. The minimum Gasteiger partial charge on any atom is -0.350 e. The van der Waals surface area contributed by atoms with E-state index < -0.39 is 0 Å². The zero-order valence-electron chi connectivity index (χ0n) is 9.82. The molecule has 17 heavy (non-hydrogen) atoms. The fourth-order valence-corrected chi connectivity index (χ4v) is 1.52. The van der Waals surface area contributed by atoms with Crippen molar-refractivity contribution in [3.63, 3.8) is 0 Å². The van der Waals surface area contributed by atoms with Gasteiger partial charge in [0.05, 0.1) is 0 Å². The van der Waals surface area contributed by atoms with Crippen LogP contribution in [0.5, 0.6) is 0 Å². The lowest BCUT2D eigenvalue weighted by atomic mass is 10.2. The standard InChI is InChI=1S/C12H14N4O/c1-8-5-13-12(14-6-8)15-7-10-3-9(2)16-11(17)4-10/h3-6H,7H2,1-2H3,(H,16,17)(H,13,14,15). The lowest BCUT2D eigenvalue weighted by Crippen LogP contribution is -2.10. The van der Waals surface area contributed by atoms with Crippen LogP contribution in [-0.4, -0.2) is 15.0 Å². The molecule has 0 aromatic carbocycles. The normalized spacial score (nSPS) is 10.2. The van der Waals surface area contributed by atoms with E-state index in [-0.39, 0.29) is 5.56 Å². The molecule has 0 amide bonds. The van der Waals surface area contributed by atoms with Gasteiger partial charge in [0.1, 0.15) is 0 Å². The lowest BCUT2D eigenvalue weighted by Gasteiger charge is -2.05. The number of hydrogen-bond donors (Lipinski definition) is 2. The van der Waals surface area contributed by atoms with Gasteiger partial charge < -0.3 is 10.3 Å². The molecule has 5 heteroatoms. The van der Waals surface area contributed by atoms with Crippen molar-refractivity contribution in [1.82, 2.24) is 15.0 Å². The molecule has 0 aliphatic rings. The van der Waals surface area contributed by atoms with Crippen molar-refractivity contribution in [2.75, 3.05) is 5.32 Å². The van der Waals surface area contributed by atoms with E-state index in [4.69, 9.17) is 0 Å². The number of pyridine rings is 1. The van der Waals surface area contributed by atoms with Crippen molar-refractivity contribution in [1.29, 1.82) is 0 Å². The second-order valence-electron chi connectivity index (χ2n) is 3.97. The Morgan fingerprint density at radius 3 is 2.59 bits per heavy atom. The van der Waals surface area contributed by atoms with Crippen molar-refractivity contribution in [3.05, 3.63) is 51.7 Å². The topological polar surface area (TPSA) is 70.7 Å². The molecule has 2 N–H and O–H groups in total. The van der Waals surface area contributed by atoms with Crippen LogP contribution >= 0.6 is 0 Å². The Hall–Kier alpha value is -2.17. The van der Waals surface area contributed by atoms with E-state index in [2.05, 4.69) is 20.3 Å². The summed E-state index contributed by atoms with van der Waals surface area (Å²) in [5, 5.41) is 3.07. The van der Waals surface area contributed by atoms with E-state index in [0.29, 0.717) is 12.5 Å². The highest BCUT2D eigenvalue weighted by Gasteiger charge is 1.98. The molecule has 0 unspecified atom stereocenters. The van der Waals surface area contributed by atoms with Crippen LogP contribution in [0.15, 0.2) is 29.3 Å². The minimum absolute atomic E-state index is 0.0911. The summed E-state index contributed by atoms with van der Waals surface area (Å²) in [5.74, 6) is 0.563. The van der Waals surface area contributed by atoms with E-state index in [9.17, 15) is 4.79 Å². The van der Waals surface area contributed by atoms with Crippen molar-refractivity contribution >= 4 is 5.95 Å². The van der Waals surface area contributed by atoms with E-state index in [1.54, 1.807) is 18.5 Å². The number of aromatic nitrogens is 3. The third kappa shape index (κ3) is 3.14. The Kier molecular flexibility index (Phi) is 3.18. The second kappa shape index (κ2) is 4.78. The average Bonchev–Trinajstić information content (AvgIpc) is 2.27. The van der Waals surface area contributed by atoms with Gasteiger partial charge in [0, 0.05) is 30.7 Å². The smallest absolute Gasteiger partial charge is 0.248 e. The average molecular weight is 230 g/mol. The Morgan fingerprint density at radius 2 is 1.94 bits per heavy atom. The molecular weight excluding hydrogens is 216 g/mol. The molecule has 0 saturated carbocycles. The van der Waals surface area contributed by atoms with Gasteiger partial charge in [-0.15, -0.1) is 0 Å². The van der Waals surface area contributed by atoms with Gasteiger partial charge >= 0.3 is 0 Å². The summed E-state index contributed by atoms with van der Waals surface area (Å²) in [4.78, 5) is 22.2. The SMILES string of the molecule is Cc1cnc(NCc2cc(C)[nH]c(=O)c2)nc1. The Morgan fingerprint density at radius 1 is 1.24 bits per heavy atom. The Labute approximate surface area is 99.0 Å². The summed E-state index contributed by atoms with van der Waals surface area (Å²) in [5.41, 5.74) is 2.68. The van der Waals surface area contributed by atoms with Gasteiger partial charge in [-0.25, -0.2) is 9.97 Å². The maximum atomic E-state index is 11.3. The van der Waals surface area contributed by atoms with Crippen LogP contribution in [0.25, 0.3) is 0 Å². The minimum atomic E-state index is -0.0911. The van der Waals surface area contributed by atoms with Crippen LogP contribution in [0.3, 0.4) is 0 Å². The molecule has 2 aromatic rings. The number of aryl methyl sites for hydroxylation is 2.